The fraction of sp³-hybridized carbons (Fsp3) is 0.500. The number of methoxy groups -OCH3 is 1. The molecule has 0 aromatic heterocycles. The number of likely N-dealkylation sites (tertiary alicyclic amines) is 1. The molecule has 1 saturated heterocycles. The molecular weight excluding hydrogens is 282 g/mol. The summed E-state index contributed by atoms with van der Waals surface area (Å²) in [6, 6.07) is 7.58. The molecule has 0 saturated carbocycles. The van der Waals surface area contributed by atoms with E-state index in [4.69, 9.17) is 10.5 Å². The average Bonchev–Trinajstić information content (AvgIpc) is 2.98. The fourth-order valence-corrected chi connectivity index (χ4v) is 2.73. The highest BCUT2D eigenvalue weighted by Gasteiger charge is 2.30. The van der Waals surface area contributed by atoms with Gasteiger partial charge in [-0.3, -0.25) is 4.79 Å². The van der Waals surface area contributed by atoms with Crippen LogP contribution in [-0.2, 0) is 11.2 Å². The zero-order chi connectivity index (χ0) is 16.1. The van der Waals surface area contributed by atoms with E-state index in [9.17, 15) is 9.59 Å². The number of primary amides is 1. The Balaban J connectivity index is 1.88. The number of urea groups is 1. The number of ether oxygens (including phenoxy) is 1. The van der Waals surface area contributed by atoms with Crippen molar-refractivity contribution in [3.05, 3.63) is 29.8 Å². The van der Waals surface area contributed by atoms with Crippen LogP contribution in [0.4, 0.5) is 4.79 Å². The lowest BCUT2D eigenvalue weighted by Gasteiger charge is -2.21. The van der Waals surface area contributed by atoms with E-state index in [2.05, 4.69) is 5.32 Å². The molecule has 0 aliphatic carbocycles. The maximum Gasteiger partial charge on any atom is 0.317 e. The van der Waals surface area contributed by atoms with Crippen molar-refractivity contribution in [3.8, 4) is 5.75 Å². The third-order valence-electron chi connectivity index (χ3n) is 3.97. The van der Waals surface area contributed by atoms with E-state index in [1.54, 1.807) is 12.0 Å². The normalized spacial score (nSPS) is 18.8. The summed E-state index contributed by atoms with van der Waals surface area (Å²) in [6.45, 7) is 2.93. The molecule has 1 aromatic carbocycles. The van der Waals surface area contributed by atoms with Crippen LogP contribution in [0.1, 0.15) is 18.9 Å². The number of amides is 3. The second kappa shape index (κ2) is 7.15. The van der Waals surface area contributed by atoms with Crippen molar-refractivity contribution in [2.75, 3.05) is 20.2 Å². The molecule has 1 aliphatic rings. The third kappa shape index (κ3) is 3.90. The molecule has 22 heavy (non-hydrogen) atoms. The van der Waals surface area contributed by atoms with E-state index in [0.717, 1.165) is 11.3 Å². The minimum absolute atomic E-state index is 0.0311. The van der Waals surface area contributed by atoms with Gasteiger partial charge in [0.15, 0.2) is 0 Å². The molecular formula is C16H23N3O3. The number of nitrogens with one attached hydrogen (secondary N) is 1. The van der Waals surface area contributed by atoms with Gasteiger partial charge in [-0.1, -0.05) is 18.2 Å². The van der Waals surface area contributed by atoms with Gasteiger partial charge in [0.1, 0.15) is 5.75 Å². The molecule has 3 N–H and O–H groups in total. The van der Waals surface area contributed by atoms with Gasteiger partial charge in [-0.2, -0.15) is 0 Å². The number of para-hydroxylation sites is 1. The summed E-state index contributed by atoms with van der Waals surface area (Å²) in [5.41, 5.74) is 6.33. The van der Waals surface area contributed by atoms with Gasteiger partial charge < -0.3 is 20.7 Å². The number of nitrogens with zero attached hydrogens (tertiary/aromatic N) is 1. The van der Waals surface area contributed by atoms with Gasteiger partial charge in [-0.05, 0) is 31.4 Å². The van der Waals surface area contributed by atoms with E-state index in [1.807, 2.05) is 31.2 Å². The molecule has 0 bridgehead atoms. The van der Waals surface area contributed by atoms with Gasteiger partial charge in [-0.15, -0.1) is 0 Å². The molecule has 6 nitrogen and oxygen atoms in total. The zero-order valence-corrected chi connectivity index (χ0v) is 13.0. The Morgan fingerprint density at radius 3 is 2.82 bits per heavy atom. The quantitative estimate of drug-likeness (QED) is 0.855. The first-order valence-electron chi connectivity index (χ1n) is 7.48. The minimum Gasteiger partial charge on any atom is -0.496 e. The monoisotopic (exact) mass is 305 g/mol. The number of nitrogens with two attached hydrogens (primary N) is 1. The summed E-state index contributed by atoms with van der Waals surface area (Å²) in [5, 5.41) is 2.96. The third-order valence-corrected chi connectivity index (χ3v) is 3.97. The van der Waals surface area contributed by atoms with Crippen LogP contribution < -0.4 is 15.8 Å². The fourth-order valence-electron chi connectivity index (χ4n) is 2.73. The molecule has 1 heterocycles. The highest BCUT2D eigenvalue weighted by atomic mass is 16.5. The molecule has 2 atom stereocenters. The van der Waals surface area contributed by atoms with Gasteiger partial charge in [-0.25, -0.2) is 4.79 Å². The standard InChI is InChI=1S/C16H23N3O3/c1-11(9-12-5-3-4-6-14(12)22-2)18-16(21)19-8-7-13(10-19)15(17)20/h3-6,11,13H,7-10H2,1-2H3,(H2,17,20)(H,18,21)/t11-,13-/m1/s1. The smallest absolute Gasteiger partial charge is 0.317 e. The number of hydrogen-bond donors (Lipinski definition) is 2. The predicted molar refractivity (Wildman–Crippen MR) is 83.6 cm³/mol. The highest BCUT2D eigenvalue weighted by Crippen LogP contribution is 2.19. The lowest BCUT2D eigenvalue weighted by atomic mass is 10.1. The molecule has 3 amide bonds. The number of carbonyl (C=O) groups excluding carboxylic acids is 2. The zero-order valence-electron chi connectivity index (χ0n) is 13.0. The molecule has 6 heteroatoms. The lowest BCUT2D eigenvalue weighted by molar-refractivity contribution is -0.121. The number of rotatable bonds is 5. The maximum absolute atomic E-state index is 12.2. The Bertz CT molecular complexity index is 547. The highest BCUT2D eigenvalue weighted by molar-refractivity contribution is 5.80. The van der Waals surface area contributed by atoms with Gasteiger partial charge in [0.05, 0.1) is 13.0 Å². The number of hydrogen-bond acceptors (Lipinski definition) is 3. The summed E-state index contributed by atoms with van der Waals surface area (Å²) in [5.74, 6) is 0.256. The second-order valence-corrected chi connectivity index (χ2v) is 5.70. The second-order valence-electron chi connectivity index (χ2n) is 5.70. The Morgan fingerprint density at radius 2 is 2.18 bits per heavy atom. The number of carbonyl (C=O) groups is 2. The van der Waals surface area contributed by atoms with Crippen LogP contribution in [0.25, 0.3) is 0 Å². The van der Waals surface area contributed by atoms with Crippen molar-refractivity contribution < 1.29 is 14.3 Å². The summed E-state index contributed by atoms with van der Waals surface area (Å²) in [6.07, 6.45) is 1.33. The topological polar surface area (TPSA) is 84.7 Å². The van der Waals surface area contributed by atoms with Gasteiger partial charge in [0.25, 0.3) is 0 Å². The van der Waals surface area contributed by atoms with Crippen molar-refractivity contribution in [2.24, 2.45) is 11.7 Å². The first-order valence-corrected chi connectivity index (χ1v) is 7.48. The van der Waals surface area contributed by atoms with Crippen LogP contribution in [0.3, 0.4) is 0 Å². The number of benzene rings is 1. The SMILES string of the molecule is COc1ccccc1C[C@@H](C)NC(=O)N1CC[C@@H](C(N)=O)C1. The van der Waals surface area contributed by atoms with Gasteiger partial charge >= 0.3 is 6.03 Å². The van der Waals surface area contributed by atoms with E-state index < -0.39 is 0 Å². The van der Waals surface area contributed by atoms with Crippen LogP contribution in [0.5, 0.6) is 5.75 Å². The van der Waals surface area contributed by atoms with Gasteiger partial charge in [0.2, 0.25) is 5.91 Å². The largest absolute Gasteiger partial charge is 0.496 e. The molecule has 0 unspecified atom stereocenters. The summed E-state index contributed by atoms with van der Waals surface area (Å²) in [4.78, 5) is 25.0. The summed E-state index contributed by atoms with van der Waals surface area (Å²) in [7, 11) is 1.64. The molecule has 120 valence electrons. The molecule has 2 rings (SSSR count). The van der Waals surface area contributed by atoms with Crippen molar-refractivity contribution in [1.29, 1.82) is 0 Å². The Morgan fingerprint density at radius 1 is 1.45 bits per heavy atom. The van der Waals surface area contributed by atoms with E-state index >= 15 is 0 Å². The van der Waals surface area contributed by atoms with Crippen molar-refractivity contribution in [1.82, 2.24) is 10.2 Å². The Kier molecular flexibility index (Phi) is 5.25. The van der Waals surface area contributed by atoms with Crippen LogP contribution in [0.15, 0.2) is 24.3 Å². The van der Waals surface area contributed by atoms with Crippen molar-refractivity contribution in [3.63, 3.8) is 0 Å². The van der Waals surface area contributed by atoms with Crippen molar-refractivity contribution >= 4 is 11.9 Å². The Labute approximate surface area is 130 Å². The average molecular weight is 305 g/mol. The molecule has 1 aromatic rings. The summed E-state index contributed by atoms with van der Waals surface area (Å²) >= 11 is 0. The summed E-state index contributed by atoms with van der Waals surface area (Å²) < 4.78 is 5.32. The van der Waals surface area contributed by atoms with Crippen LogP contribution in [0, 0.1) is 5.92 Å². The van der Waals surface area contributed by atoms with E-state index in [0.29, 0.717) is 25.9 Å². The molecule has 0 spiro atoms. The first kappa shape index (κ1) is 16.1. The van der Waals surface area contributed by atoms with Crippen LogP contribution in [-0.4, -0.2) is 43.1 Å². The molecule has 0 radical (unpaired) electrons. The molecule has 1 fully saturated rings. The predicted octanol–water partition coefficient (Wildman–Crippen LogP) is 1.14. The maximum atomic E-state index is 12.2. The van der Waals surface area contributed by atoms with Crippen LogP contribution in [0.2, 0.25) is 0 Å². The molecule has 1 aliphatic heterocycles. The minimum atomic E-state index is -0.336. The van der Waals surface area contributed by atoms with E-state index in [-0.39, 0.29) is 23.9 Å². The van der Waals surface area contributed by atoms with Gasteiger partial charge in [0, 0.05) is 19.1 Å². The van der Waals surface area contributed by atoms with E-state index in [1.165, 1.54) is 0 Å². The van der Waals surface area contributed by atoms with Crippen LogP contribution >= 0.6 is 0 Å². The van der Waals surface area contributed by atoms with Crippen molar-refractivity contribution in [2.45, 2.75) is 25.8 Å². The Hall–Kier alpha value is -2.24. The lowest BCUT2D eigenvalue weighted by Crippen LogP contribution is -2.44. The first-order chi connectivity index (χ1) is 10.5.